The van der Waals surface area contributed by atoms with E-state index in [9.17, 15) is 22.0 Å². The van der Waals surface area contributed by atoms with Crippen LogP contribution in [0.1, 0.15) is 5.82 Å². The summed E-state index contributed by atoms with van der Waals surface area (Å²) in [6.45, 7) is 6.65. The van der Waals surface area contributed by atoms with Crippen molar-refractivity contribution in [1.82, 2.24) is 25.1 Å². The maximum Gasteiger partial charge on any atom is 0.429 e. The molecule has 0 aliphatic heterocycles. The number of aromatic nitrogens is 5. The van der Waals surface area contributed by atoms with E-state index in [0.717, 1.165) is 12.1 Å². The standard InChI is InChI=1S/C14H14F2NSi.C8H4F3N4.Ir/c1-18(2,3)11-5-7-14(17-9-11)12-6-4-10(15)8-13(12)16;9-8(10,11)7-13-6(14-15-7)5-3-1-2-4-12-5;/h4-5,7-9H,1-3H3;1-4H;/q2*-1;. The second kappa shape index (κ2) is 11.1. The molecule has 3 heterocycles. The van der Waals surface area contributed by atoms with Crippen LogP contribution in [0.15, 0.2) is 54.9 Å². The van der Waals surface area contributed by atoms with E-state index >= 15 is 0 Å². The van der Waals surface area contributed by atoms with E-state index in [1.165, 1.54) is 17.4 Å². The molecule has 3 aromatic heterocycles. The van der Waals surface area contributed by atoms with Crippen LogP contribution in [0.25, 0.3) is 22.8 Å². The molecule has 0 aliphatic carbocycles. The first kappa shape index (κ1) is 27.4. The molecule has 0 fully saturated rings. The van der Waals surface area contributed by atoms with Gasteiger partial charge in [0.15, 0.2) is 0 Å². The molecule has 0 saturated carbocycles. The van der Waals surface area contributed by atoms with E-state index in [2.05, 4.69) is 50.9 Å². The average Bonchev–Trinajstić information content (AvgIpc) is 3.25. The van der Waals surface area contributed by atoms with Crippen LogP contribution in [-0.2, 0) is 26.3 Å². The molecule has 0 unspecified atom stereocenters. The van der Waals surface area contributed by atoms with Crippen molar-refractivity contribution in [2.24, 2.45) is 0 Å². The molecule has 34 heavy (non-hydrogen) atoms. The third-order valence-corrected chi connectivity index (χ3v) is 6.37. The Bertz CT molecular complexity index is 1210. The van der Waals surface area contributed by atoms with Gasteiger partial charge in [-0.15, -0.1) is 12.1 Å². The van der Waals surface area contributed by atoms with Crippen molar-refractivity contribution >= 4 is 13.3 Å². The quantitative estimate of drug-likeness (QED) is 0.177. The fourth-order valence-corrected chi connectivity index (χ4v) is 3.63. The van der Waals surface area contributed by atoms with Crippen molar-refractivity contribution in [3.8, 4) is 22.8 Å². The second-order valence-electron chi connectivity index (χ2n) is 7.89. The van der Waals surface area contributed by atoms with E-state index in [-0.39, 0.29) is 37.2 Å². The molecule has 0 spiro atoms. The summed E-state index contributed by atoms with van der Waals surface area (Å²) in [4.78, 5) is 11.3. The molecule has 12 heteroatoms. The van der Waals surface area contributed by atoms with Gasteiger partial charge in [0.2, 0.25) is 0 Å². The zero-order valence-corrected chi connectivity index (χ0v) is 21.6. The Morgan fingerprint density at radius 1 is 0.971 bits per heavy atom. The SMILES string of the molecule is C[Si](C)(C)c1ccc(-c2[c-]cc(F)cc2F)nc1.FC(F)(F)c1n[n-]c(-c2ccccn2)n1.[Ir]. The van der Waals surface area contributed by atoms with Crippen LogP contribution in [0.5, 0.6) is 0 Å². The van der Waals surface area contributed by atoms with Gasteiger partial charge in [0, 0.05) is 44.1 Å². The Labute approximate surface area is 207 Å². The minimum absolute atomic E-state index is 0. The van der Waals surface area contributed by atoms with Gasteiger partial charge in [0.25, 0.3) is 0 Å². The fourth-order valence-electron chi connectivity index (χ4n) is 2.59. The zero-order chi connectivity index (χ0) is 24.2. The minimum Gasteiger partial charge on any atom is -0.413 e. The van der Waals surface area contributed by atoms with Crippen LogP contribution < -0.4 is 10.3 Å². The minimum atomic E-state index is -4.57. The molecule has 4 aromatic rings. The monoisotopic (exact) mass is 668 g/mol. The molecule has 0 aliphatic rings. The maximum atomic E-state index is 13.6. The molecule has 0 atom stereocenters. The van der Waals surface area contributed by atoms with Crippen molar-refractivity contribution in [3.05, 3.63) is 78.4 Å². The molecule has 0 N–H and O–H groups in total. The van der Waals surface area contributed by atoms with Crippen molar-refractivity contribution in [2.45, 2.75) is 25.8 Å². The smallest absolute Gasteiger partial charge is 0.413 e. The van der Waals surface area contributed by atoms with Crippen molar-refractivity contribution in [2.75, 3.05) is 0 Å². The van der Waals surface area contributed by atoms with E-state index in [0.29, 0.717) is 5.69 Å². The first-order valence-electron chi connectivity index (χ1n) is 9.65. The fraction of sp³-hybridized carbons (Fsp3) is 0.182. The third kappa shape index (κ3) is 7.09. The number of hydrogen-bond donors (Lipinski definition) is 0. The molecule has 0 amide bonds. The van der Waals surface area contributed by atoms with E-state index in [1.54, 1.807) is 24.4 Å². The summed E-state index contributed by atoms with van der Waals surface area (Å²) in [6, 6.07) is 13.1. The summed E-state index contributed by atoms with van der Waals surface area (Å²) in [5.74, 6) is -2.63. The number of nitrogens with zero attached hydrogens (tertiary/aromatic N) is 5. The van der Waals surface area contributed by atoms with Gasteiger partial charge in [-0.1, -0.05) is 49.5 Å². The molecule has 4 rings (SSSR count). The Morgan fingerprint density at radius 3 is 2.21 bits per heavy atom. The molecular formula is C22H18F5IrN5Si-2. The van der Waals surface area contributed by atoms with Crippen molar-refractivity contribution in [1.29, 1.82) is 0 Å². The van der Waals surface area contributed by atoms with Crippen molar-refractivity contribution in [3.63, 3.8) is 0 Å². The first-order chi connectivity index (χ1) is 15.4. The molecule has 5 nitrogen and oxygen atoms in total. The number of alkyl halides is 3. The van der Waals surface area contributed by atoms with E-state index in [4.69, 9.17) is 0 Å². The van der Waals surface area contributed by atoms with Gasteiger partial charge in [0.05, 0.1) is 13.8 Å². The molecule has 1 radical (unpaired) electrons. The summed E-state index contributed by atoms with van der Waals surface area (Å²) in [5.41, 5.74) is 0.952. The van der Waals surface area contributed by atoms with Crippen LogP contribution in [0.3, 0.4) is 0 Å². The van der Waals surface area contributed by atoms with E-state index < -0.39 is 31.7 Å². The summed E-state index contributed by atoms with van der Waals surface area (Å²) in [7, 11) is -1.41. The maximum absolute atomic E-state index is 13.6. The molecular weight excluding hydrogens is 650 g/mol. The predicted molar refractivity (Wildman–Crippen MR) is 115 cm³/mol. The molecule has 0 bridgehead atoms. The van der Waals surface area contributed by atoms with Gasteiger partial charge in [-0.3, -0.25) is 18.9 Å². The third-order valence-electron chi connectivity index (χ3n) is 4.34. The van der Waals surface area contributed by atoms with Crippen LogP contribution in [0.4, 0.5) is 22.0 Å². The van der Waals surface area contributed by atoms with E-state index in [1.807, 2.05) is 6.07 Å². The first-order valence-corrected chi connectivity index (χ1v) is 13.1. The zero-order valence-electron chi connectivity index (χ0n) is 18.2. The number of pyridine rings is 2. The topological polar surface area (TPSA) is 65.7 Å². The number of hydrogen-bond acceptors (Lipinski definition) is 4. The number of halogens is 5. The normalized spacial score (nSPS) is 11.3. The van der Waals surface area contributed by atoms with Gasteiger partial charge in [-0.2, -0.15) is 13.2 Å². The van der Waals surface area contributed by atoms with Crippen LogP contribution in [0.2, 0.25) is 19.6 Å². The van der Waals surface area contributed by atoms with Crippen molar-refractivity contribution < 1.29 is 42.1 Å². The number of rotatable bonds is 3. The Hall–Kier alpha value is -2.82. The van der Waals surface area contributed by atoms with Gasteiger partial charge < -0.3 is 15.1 Å². The largest absolute Gasteiger partial charge is 0.429 e. The Kier molecular flexibility index (Phi) is 8.93. The Balaban J connectivity index is 0.000000237. The summed E-state index contributed by atoms with van der Waals surface area (Å²) in [5, 5.41) is 7.45. The second-order valence-corrected chi connectivity index (χ2v) is 13.0. The molecule has 1 aromatic carbocycles. The van der Waals surface area contributed by atoms with Crippen LogP contribution in [-0.4, -0.2) is 28.1 Å². The summed E-state index contributed by atoms with van der Waals surface area (Å²) >= 11 is 0. The van der Waals surface area contributed by atoms with Crippen LogP contribution in [0, 0.1) is 17.7 Å². The summed E-state index contributed by atoms with van der Waals surface area (Å²) in [6.07, 6.45) is -1.35. The number of benzene rings is 1. The van der Waals surface area contributed by atoms with Gasteiger partial charge in [0.1, 0.15) is 5.82 Å². The molecule has 181 valence electrons. The van der Waals surface area contributed by atoms with Gasteiger partial charge in [-0.25, -0.2) is 0 Å². The average molecular weight is 668 g/mol. The predicted octanol–water partition coefficient (Wildman–Crippen LogP) is 4.88. The Morgan fingerprint density at radius 2 is 1.71 bits per heavy atom. The molecule has 0 saturated heterocycles. The van der Waals surface area contributed by atoms with Gasteiger partial charge >= 0.3 is 6.18 Å². The van der Waals surface area contributed by atoms with Gasteiger partial charge in [-0.05, 0) is 28.8 Å². The van der Waals surface area contributed by atoms with Crippen LogP contribution >= 0.6 is 0 Å². The summed E-state index contributed by atoms with van der Waals surface area (Å²) < 4.78 is 62.8.